The van der Waals surface area contributed by atoms with Gasteiger partial charge in [-0.2, -0.15) is 0 Å². The number of carbonyl (C=O) groups excluding carboxylic acids is 1. The molecule has 1 aromatic heterocycles. The van der Waals surface area contributed by atoms with Crippen molar-refractivity contribution < 1.29 is 9.53 Å². The highest BCUT2D eigenvalue weighted by Crippen LogP contribution is 2.31. The van der Waals surface area contributed by atoms with Crippen LogP contribution in [0.25, 0.3) is 10.2 Å². The van der Waals surface area contributed by atoms with Crippen molar-refractivity contribution in [2.24, 2.45) is 0 Å². The van der Waals surface area contributed by atoms with Gasteiger partial charge in [-0.15, -0.1) is 0 Å². The summed E-state index contributed by atoms with van der Waals surface area (Å²) in [6.07, 6.45) is 0.379. The zero-order valence-corrected chi connectivity index (χ0v) is 17.9. The Morgan fingerprint density at radius 2 is 1.96 bits per heavy atom. The Labute approximate surface area is 177 Å². The Hall–Kier alpha value is -1.80. The van der Waals surface area contributed by atoms with Gasteiger partial charge in [-0.25, -0.2) is 4.98 Å². The number of carbonyl (C=O) groups is 1. The van der Waals surface area contributed by atoms with Gasteiger partial charge in [0.15, 0.2) is 5.13 Å². The molecule has 0 unspecified atom stereocenters. The number of fused-ring (bicyclic) bond motifs is 1. The maximum Gasteiger partial charge on any atom is 0.233 e. The van der Waals surface area contributed by atoms with Gasteiger partial charge in [0.1, 0.15) is 0 Å². The van der Waals surface area contributed by atoms with E-state index in [2.05, 4.69) is 26.9 Å². The van der Waals surface area contributed by atoms with Gasteiger partial charge >= 0.3 is 0 Å². The number of anilines is 1. The lowest BCUT2D eigenvalue weighted by Crippen LogP contribution is -2.43. The number of nitrogens with zero attached hydrogens (tertiary/aromatic N) is 3. The molecule has 4 rings (SSSR count). The summed E-state index contributed by atoms with van der Waals surface area (Å²) in [5.74, 6) is 0.0811. The van der Waals surface area contributed by atoms with Crippen molar-refractivity contribution >= 4 is 48.5 Å². The van der Waals surface area contributed by atoms with Crippen molar-refractivity contribution in [3.63, 3.8) is 0 Å². The maximum absolute atomic E-state index is 13.2. The fourth-order valence-corrected chi connectivity index (χ4v) is 4.82. The second kappa shape index (κ2) is 9.13. The summed E-state index contributed by atoms with van der Waals surface area (Å²) in [5, 5.41) is 0.766. The number of aromatic nitrogens is 1. The lowest BCUT2D eigenvalue weighted by molar-refractivity contribution is -0.118. The molecule has 5 nitrogen and oxygen atoms in total. The number of rotatable bonds is 6. The molecule has 1 amide bonds. The van der Waals surface area contributed by atoms with Crippen LogP contribution < -0.4 is 4.90 Å². The van der Waals surface area contributed by atoms with Gasteiger partial charge < -0.3 is 4.74 Å². The average molecular weight is 460 g/mol. The Balaban J connectivity index is 1.56. The Kier molecular flexibility index (Phi) is 6.36. The molecule has 1 fully saturated rings. The number of ether oxygens (including phenoxy) is 1. The zero-order valence-electron chi connectivity index (χ0n) is 15.5. The largest absolute Gasteiger partial charge is 0.379 e. The van der Waals surface area contributed by atoms with Crippen molar-refractivity contribution in [3.05, 3.63) is 58.6 Å². The molecule has 1 aliphatic heterocycles. The van der Waals surface area contributed by atoms with Crippen molar-refractivity contribution in [3.8, 4) is 0 Å². The lowest BCUT2D eigenvalue weighted by Gasteiger charge is -2.29. The molecule has 1 saturated heterocycles. The second-order valence-electron chi connectivity index (χ2n) is 6.77. The molecule has 0 saturated carbocycles. The summed E-state index contributed by atoms with van der Waals surface area (Å²) in [4.78, 5) is 22.1. The van der Waals surface area contributed by atoms with Gasteiger partial charge in [-0.05, 0) is 23.8 Å². The SMILES string of the molecule is O=C(Cc1ccccc1)N(CCN1CCOCC1)c1nc2ccc(Br)cc2s1. The van der Waals surface area contributed by atoms with E-state index in [-0.39, 0.29) is 5.91 Å². The van der Waals surface area contributed by atoms with Crippen LogP contribution in [0.4, 0.5) is 5.13 Å². The van der Waals surface area contributed by atoms with Crippen LogP contribution in [0.15, 0.2) is 53.0 Å². The van der Waals surface area contributed by atoms with Crippen molar-refractivity contribution in [2.75, 3.05) is 44.3 Å². The topological polar surface area (TPSA) is 45.7 Å². The normalized spacial score (nSPS) is 15.0. The zero-order chi connectivity index (χ0) is 19.3. The number of morpholine rings is 1. The summed E-state index contributed by atoms with van der Waals surface area (Å²) >= 11 is 5.08. The first kappa shape index (κ1) is 19.5. The molecular formula is C21H22BrN3O2S. The van der Waals surface area contributed by atoms with Crippen LogP contribution in [0, 0.1) is 0 Å². The van der Waals surface area contributed by atoms with E-state index in [9.17, 15) is 4.79 Å². The standard InChI is InChI=1S/C21H22BrN3O2S/c22-17-6-7-18-19(15-17)28-21(23-18)25(9-8-24-10-12-27-13-11-24)20(26)14-16-4-2-1-3-5-16/h1-7,15H,8-14H2. The molecule has 28 heavy (non-hydrogen) atoms. The van der Waals surface area contributed by atoms with Crippen LogP contribution in [0.5, 0.6) is 0 Å². The Morgan fingerprint density at radius 3 is 2.75 bits per heavy atom. The van der Waals surface area contributed by atoms with Crippen LogP contribution >= 0.6 is 27.3 Å². The Bertz CT molecular complexity index is 941. The van der Waals surface area contributed by atoms with E-state index in [0.717, 1.165) is 58.2 Å². The molecule has 2 heterocycles. The predicted molar refractivity (Wildman–Crippen MR) is 117 cm³/mol. The third-order valence-electron chi connectivity index (χ3n) is 4.81. The summed E-state index contributed by atoms with van der Waals surface area (Å²) in [5.41, 5.74) is 1.94. The molecule has 0 aliphatic carbocycles. The van der Waals surface area contributed by atoms with Crippen molar-refractivity contribution in [1.29, 1.82) is 0 Å². The fraction of sp³-hybridized carbons (Fsp3) is 0.333. The van der Waals surface area contributed by atoms with Gasteiger partial charge in [0.2, 0.25) is 5.91 Å². The van der Waals surface area contributed by atoms with E-state index in [1.54, 1.807) is 11.3 Å². The summed E-state index contributed by atoms with van der Waals surface area (Å²) in [6.45, 7) is 4.79. The van der Waals surface area contributed by atoms with Crippen LogP contribution in [-0.2, 0) is 16.0 Å². The molecule has 3 aromatic rings. The van der Waals surface area contributed by atoms with E-state index in [4.69, 9.17) is 9.72 Å². The maximum atomic E-state index is 13.2. The molecule has 0 radical (unpaired) electrons. The second-order valence-corrected chi connectivity index (χ2v) is 8.70. The first-order valence-electron chi connectivity index (χ1n) is 9.39. The van der Waals surface area contributed by atoms with Gasteiger partial charge in [-0.1, -0.05) is 57.6 Å². The van der Waals surface area contributed by atoms with Gasteiger partial charge in [0.05, 0.1) is 29.9 Å². The first-order chi connectivity index (χ1) is 13.7. The summed E-state index contributed by atoms with van der Waals surface area (Å²) in [7, 11) is 0. The third-order valence-corrected chi connectivity index (χ3v) is 6.35. The van der Waals surface area contributed by atoms with Crippen LogP contribution in [0.3, 0.4) is 0 Å². The average Bonchev–Trinajstić information content (AvgIpc) is 3.12. The van der Waals surface area contributed by atoms with E-state index < -0.39 is 0 Å². The highest BCUT2D eigenvalue weighted by Gasteiger charge is 2.21. The number of benzene rings is 2. The molecular weight excluding hydrogens is 438 g/mol. The molecule has 146 valence electrons. The minimum atomic E-state index is 0.0811. The number of amides is 1. The minimum Gasteiger partial charge on any atom is -0.379 e. The minimum absolute atomic E-state index is 0.0811. The van der Waals surface area contributed by atoms with Crippen LogP contribution in [0.1, 0.15) is 5.56 Å². The van der Waals surface area contributed by atoms with Crippen molar-refractivity contribution in [2.45, 2.75) is 6.42 Å². The van der Waals surface area contributed by atoms with Gasteiger partial charge in [0.25, 0.3) is 0 Å². The molecule has 0 N–H and O–H groups in total. The monoisotopic (exact) mass is 459 g/mol. The van der Waals surface area contributed by atoms with Crippen LogP contribution in [0.2, 0.25) is 0 Å². The molecule has 0 spiro atoms. The number of hydrogen-bond acceptors (Lipinski definition) is 5. The molecule has 2 aromatic carbocycles. The number of thiazole rings is 1. The van der Waals surface area contributed by atoms with Gasteiger partial charge in [-0.3, -0.25) is 14.6 Å². The highest BCUT2D eigenvalue weighted by atomic mass is 79.9. The lowest BCUT2D eigenvalue weighted by atomic mass is 10.1. The van der Waals surface area contributed by atoms with E-state index in [0.29, 0.717) is 13.0 Å². The molecule has 7 heteroatoms. The van der Waals surface area contributed by atoms with E-state index in [1.165, 1.54) is 0 Å². The Morgan fingerprint density at radius 1 is 1.18 bits per heavy atom. The summed E-state index contributed by atoms with van der Waals surface area (Å²) < 4.78 is 7.53. The third kappa shape index (κ3) is 4.78. The van der Waals surface area contributed by atoms with Crippen LogP contribution in [-0.4, -0.2) is 55.2 Å². The van der Waals surface area contributed by atoms with Gasteiger partial charge in [0, 0.05) is 30.7 Å². The van der Waals surface area contributed by atoms with E-state index >= 15 is 0 Å². The predicted octanol–water partition coefficient (Wildman–Crippen LogP) is 3.97. The smallest absolute Gasteiger partial charge is 0.233 e. The van der Waals surface area contributed by atoms with E-state index in [1.807, 2.05) is 47.4 Å². The fourth-order valence-electron chi connectivity index (χ4n) is 3.26. The molecule has 1 aliphatic rings. The first-order valence-corrected chi connectivity index (χ1v) is 11.0. The summed E-state index contributed by atoms with van der Waals surface area (Å²) in [6, 6.07) is 15.9. The van der Waals surface area contributed by atoms with Crippen molar-refractivity contribution in [1.82, 2.24) is 9.88 Å². The highest BCUT2D eigenvalue weighted by molar-refractivity contribution is 9.10. The molecule has 0 bridgehead atoms. The molecule has 0 atom stereocenters. The quantitative estimate of drug-likeness (QED) is 0.559. The number of hydrogen-bond donors (Lipinski definition) is 0. The number of halogens is 1.